The van der Waals surface area contributed by atoms with Gasteiger partial charge in [0.15, 0.2) is 0 Å². The van der Waals surface area contributed by atoms with Crippen molar-refractivity contribution in [3.63, 3.8) is 0 Å². The average molecular weight is 230 g/mol. The van der Waals surface area contributed by atoms with E-state index in [1.807, 2.05) is 12.1 Å². The van der Waals surface area contributed by atoms with Gasteiger partial charge in [-0.05, 0) is 31.2 Å². The minimum Gasteiger partial charge on any atom is -0.330 e. The van der Waals surface area contributed by atoms with Crippen molar-refractivity contribution in [3.8, 4) is 11.3 Å². The second kappa shape index (κ2) is 5.36. The maximum Gasteiger partial charge on any atom is 0.266 e. The SMILES string of the molecule is NCCCn1nc(-c2ccncc2)ccc1=O. The third-order valence-corrected chi connectivity index (χ3v) is 2.42. The fraction of sp³-hybridized carbons (Fsp3) is 0.250. The fourth-order valence-electron chi connectivity index (χ4n) is 1.53. The van der Waals surface area contributed by atoms with Crippen LogP contribution < -0.4 is 11.3 Å². The van der Waals surface area contributed by atoms with Gasteiger partial charge in [0.2, 0.25) is 0 Å². The number of nitrogens with two attached hydrogens (primary N) is 1. The van der Waals surface area contributed by atoms with Crippen LogP contribution in [0.5, 0.6) is 0 Å². The first-order valence-electron chi connectivity index (χ1n) is 5.50. The van der Waals surface area contributed by atoms with E-state index in [0.717, 1.165) is 17.7 Å². The highest BCUT2D eigenvalue weighted by molar-refractivity contribution is 5.56. The fourth-order valence-corrected chi connectivity index (χ4v) is 1.53. The molecule has 0 aliphatic carbocycles. The summed E-state index contributed by atoms with van der Waals surface area (Å²) in [6, 6.07) is 6.97. The molecule has 0 radical (unpaired) electrons. The van der Waals surface area contributed by atoms with Crippen LogP contribution in [0.4, 0.5) is 0 Å². The first kappa shape index (κ1) is 11.5. The van der Waals surface area contributed by atoms with Crippen LogP contribution in [0.2, 0.25) is 0 Å². The van der Waals surface area contributed by atoms with Gasteiger partial charge in [0.25, 0.3) is 5.56 Å². The number of aromatic nitrogens is 3. The molecule has 5 heteroatoms. The number of pyridine rings is 1. The van der Waals surface area contributed by atoms with E-state index < -0.39 is 0 Å². The summed E-state index contributed by atoms with van der Waals surface area (Å²) in [7, 11) is 0. The number of aryl methyl sites for hydroxylation is 1. The number of rotatable bonds is 4. The summed E-state index contributed by atoms with van der Waals surface area (Å²) in [5, 5.41) is 4.30. The Morgan fingerprint density at radius 2 is 1.94 bits per heavy atom. The molecule has 2 aromatic heterocycles. The van der Waals surface area contributed by atoms with Gasteiger partial charge in [-0.2, -0.15) is 5.10 Å². The lowest BCUT2D eigenvalue weighted by Crippen LogP contribution is -2.23. The predicted octanol–water partition coefficient (Wildman–Crippen LogP) is 0.654. The van der Waals surface area contributed by atoms with E-state index in [4.69, 9.17) is 5.73 Å². The highest BCUT2D eigenvalue weighted by Crippen LogP contribution is 2.12. The zero-order valence-electron chi connectivity index (χ0n) is 9.41. The second-order valence-electron chi connectivity index (χ2n) is 3.66. The molecule has 0 aromatic carbocycles. The molecule has 17 heavy (non-hydrogen) atoms. The van der Waals surface area contributed by atoms with Crippen molar-refractivity contribution in [2.45, 2.75) is 13.0 Å². The molecule has 0 aliphatic heterocycles. The molecular formula is C12H14N4O. The van der Waals surface area contributed by atoms with Crippen molar-refractivity contribution in [1.82, 2.24) is 14.8 Å². The molecule has 0 fully saturated rings. The molecule has 0 saturated carbocycles. The van der Waals surface area contributed by atoms with Gasteiger partial charge in [-0.25, -0.2) is 4.68 Å². The number of hydrogen-bond acceptors (Lipinski definition) is 4. The van der Waals surface area contributed by atoms with Gasteiger partial charge < -0.3 is 5.73 Å². The summed E-state index contributed by atoms with van der Waals surface area (Å²) >= 11 is 0. The molecular weight excluding hydrogens is 216 g/mol. The minimum absolute atomic E-state index is 0.101. The largest absolute Gasteiger partial charge is 0.330 e. The highest BCUT2D eigenvalue weighted by Gasteiger charge is 2.02. The Kier molecular flexibility index (Phi) is 3.62. The average Bonchev–Trinajstić information content (AvgIpc) is 2.39. The molecule has 0 aliphatic rings. The van der Waals surface area contributed by atoms with Crippen molar-refractivity contribution >= 4 is 0 Å². The van der Waals surface area contributed by atoms with Crippen LogP contribution in [0.1, 0.15) is 6.42 Å². The predicted molar refractivity (Wildman–Crippen MR) is 65.4 cm³/mol. The Balaban J connectivity index is 2.34. The van der Waals surface area contributed by atoms with Crippen LogP contribution in [-0.4, -0.2) is 21.3 Å². The molecule has 0 saturated heterocycles. The lowest BCUT2D eigenvalue weighted by Gasteiger charge is -2.05. The molecule has 0 unspecified atom stereocenters. The smallest absolute Gasteiger partial charge is 0.266 e. The molecule has 0 bridgehead atoms. The van der Waals surface area contributed by atoms with E-state index in [9.17, 15) is 4.79 Å². The first-order valence-corrected chi connectivity index (χ1v) is 5.50. The summed E-state index contributed by atoms with van der Waals surface area (Å²) in [5.74, 6) is 0. The van der Waals surface area contributed by atoms with E-state index in [0.29, 0.717) is 13.1 Å². The monoisotopic (exact) mass is 230 g/mol. The third kappa shape index (κ3) is 2.76. The molecule has 0 atom stereocenters. The van der Waals surface area contributed by atoms with Gasteiger partial charge in [-0.15, -0.1) is 0 Å². The van der Waals surface area contributed by atoms with Gasteiger partial charge in [-0.3, -0.25) is 9.78 Å². The maximum absolute atomic E-state index is 11.6. The summed E-state index contributed by atoms with van der Waals surface area (Å²) in [4.78, 5) is 15.5. The quantitative estimate of drug-likeness (QED) is 0.837. The molecule has 2 rings (SSSR count). The van der Waals surface area contributed by atoms with Crippen LogP contribution in [0.15, 0.2) is 41.5 Å². The molecule has 0 spiro atoms. The van der Waals surface area contributed by atoms with Gasteiger partial charge in [0.1, 0.15) is 0 Å². The molecule has 5 nitrogen and oxygen atoms in total. The number of hydrogen-bond donors (Lipinski definition) is 1. The molecule has 2 aromatic rings. The third-order valence-electron chi connectivity index (χ3n) is 2.42. The van der Waals surface area contributed by atoms with Gasteiger partial charge in [-0.1, -0.05) is 0 Å². The zero-order valence-corrected chi connectivity index (χ0v) is 9.41. The summed E-state index contributed by atoms with van der Waals surface area (Å²) in [6.07, 6.45) is 4.14. The standard InChI is InChI=1S/C12H14N4O/c13-6-1-9-16-12(17)3-2-11(15-16)10-4-7-14-8-5-10/h2-5,7-8H,1,6,9,13H2. The Morgan fingerprint density at radius 3 is 2.65 bits per heavy atom. The zero-order chi connectivity index (χ0) is 12.1. The van der Waals surface area contributed by atoms with Crippen molar-refractivity contribution in [1.29, 1.82) is 0 Å². The Bertz CT molecular complexity index is 536. The van der Waals surface area contributed by atoms with Crippen LogP contribution in [0.25, 0.3) is 11.3 Å². The molecule has 2 heterocycles. The van der Waals surface area contributed by atoms with E-state index in [1.165, 1.54) is 10.7 Å². The number of nitrogens with zero attached hydrogens (tertiary/aromatic N) is 3. The lowest BCUT2D eigenvalue weighted by molar-refractivity contribution is 0.556. The first-order chi connectivity index (χ1) is 8.31. The maximum atomic E-state index is 11.6. The Labute approximate surface area is 98.9 Å². The van der Waals surface area contributed by atoms with Crippen LogP contribution >= 0.6 is 0 Å². The Hall–Kier alpha value is -2.01. The van der Waals surface area contributed by atoms with E-state index in [1.54, 1.807) is 18.5 Å². The lowest BCUT2D eigenvalue weighted by atomic mass is 10.2. The van der Waals surface area contributed by atoms with Crippen molar-refractivity contribution in [2.24, 2.45) is 5.73 Å². The molecule has 2 N–H and O–H groups in total. The normalized spacial score (nSPS) is 10.4. The molecule has 88 valence electrons. The highest BCUT2D eigenvalue weighted by atomic mass is 16.1. The Morgan fingerprint density at radius 1 is 1.18 bits per heavy atom. The van der Waals surface area contributed by atoms with Gasteiger partial charge >= 0.3 is 0 Å². The minimum atomic E-state index is -0.101. The van der Waals surface area contributed by atoms with E-state index >= 15 is 0 Å². The van der Waals surface area contributed by atoms with Crippen LogP contribution in [-0.2, 0) is 6.54 Å². The van der Waals surface area contributed by atoms with Crippen molar-refractivity contribution in [2.75, 3.05) is 6.54 Å². The summed E-state index contributed by atoms with van der Waals surface area (Å²) in [6.45, 7) is 1.10. The van der Waals surface area contributed by atoms with Gasteiger partial charge in [0.05, 0.1) is 5.69 Å². The van der Waals surface area contributed by atoms with Crippen LogP contribution in [0, 0.1) is 0 Å². The van der Waals surface area contributed by atoms with Crippen LogP contribution in [0.3, 0.4) is 0 Å². The van der Waals surface area contributed by atoms with Crippen molar-refractivity contribution in [3.05, 3.63) is 47.0 Å². The summed E-state index contributed by atoms with van der Waals surface area (Å²) in [5.41, 5.74) is 7.04. The topological polar surface area (TPSA) is 73.8 Å². The van der Waals surface area contributed by atoms with Gasteiger partial charge in [0, 0.05) is 30.6 Å². The van der Waals surface area contributed by atoms with Crippen molar-refractivity contribution < 1.29 is 0 Å². The molecule has 0 amide bonds. The second-order valence-corrected chi connectivity index (χ2v) is 3.66. The van der Waals surface area contributed by atoms with E-state index in [2.05, 4.69) is 10.1 Å². The summed E-state index contributed by atoms with van der Waals surface area (Å²) < 4.78 is 1.45. The van der Waals surface area contributed by atoms with E-state index in [-0.39, 0.29) is 5.56 Å².